The summed E-state index contributed by atoms with van der Waals surface area (Å²) in [5.74, 6) is -0.690. The Balaban J connectivity index is 1.27. The number of anilines is 1. The van der Waals surface area contributed by atoms with Gasteiger partial charge in [0.1, 0.15) is 12.4 Å². The summed E-state index contributed by atoms with van der Waals surface area (Å²) in [6, 6.07) is 17.0. The van der Waals surface area contributed by atoms with Gasteiger partial charge < -0.3 is 15.2 Å². The van der Waals surface area contributed by atoms with Gasteiger partial charge in [0, 0.05) is 31.2 Å². The van der Waals surface area contributed by atoms with Crippen LogP contribution in [0.3, 0.4) is 0 Å². The Kier molecular flexibility index (Phi) is 8.05. The van der Waals surface area contributed by atoms with E-state index in [2.05, 4.69) is 11.4 Å². The number of imidazole rings is 1. The molecule has 4 aromatic rings. The topological polar surface area (TPSA) is 98.4 Å². The minimum absolute atomic E-state index is 0.0626. The van der Waals surface area contributed by atoms with Crippen molar-refractivity contribution < 1.29 is 19.0 Å². The Morgan fingerprint density at radius 1 is 1.13 bits per heavy atom. The molecule has 2 N–H and O–H groups in total. The van der Waals surface area contributed by atoms with Gasteiger partial charge in [-0.1, -0.05) is 42.5 Å². The number of aliphatic carboxylic acids is 1. The van der Waals surface area contributed by atoms with Gasteiger partial charge in [0.15, 0.2) is 11.6 Å². The summed E-state index contributed by atoms with van der Waals surface area (Å²) in [4.78, 5) is 29.6. The number of hydrogen-bond acceptors (Lipinski definition) is 5. The number of carbonyl (C=O) groups is 1. The quantitative estimate of drug-likeness (QED) is 0.289. The summed E-state index contributed by atoms with van der Waals surface area (Å²) in [7, 11) is 0. The minimum Gasteiger partial charge on any atom is -0.486 e. The molecule has 0 aliphatic carbocycles. The van der Waals surface area contributed by atoms with Crippen LogP contribution in [0, 0.1) is 5.82 Å². The van der Waals surface area contributed by atoms with Gasteiger partial charge in [-0.05, 0) is 60.6 Å². The fourth-order valence-electron chi connectivity index (χ4n) is 4.89. The predicted octanol–water partition coefficient (Wildman–Crippen LogP) is 4.82. The number of rotatable bonds is 11. The first-order valence-corrected chi connectivity index (χ1v) is 13.2. The molecule has 0 saturated heterocycles. The van der Waals surface area contributed by atoms with Crippen molar-refractivity contribution in [3.63, 3.8) is 0 Å². The van der Waals surface area contributed by atoms with Crippen LogP contribution in [0.1, 0.15) is 47.7 Å². The summed E-state index contributed by atoms with van der Waals surface area (Å²) in [6.45, 7) is 1.59. The average molecular weight is 531 g/mol. The highest BCUT2D eigenvalue weighted by Crippen LogP contribution is 2.27. The molecule has 0 fully saturated rings. The van der Waals surface area contributed by atoms with Gasteiger partial charge in [-0.2, -0.15) is 0 Å². The number of pyridine rings is 1. The number of carboxylic acid groups (broad SMARTS) is 1. The number of nitrogens with zero attached hydrogens (tertiary/aromatic N) is 3. The second-order valence-corrected chi connectivity index (χ2v) is 9.70. The zero-order valence-corrected chi connectivity index (χ0v) is 21.6. The van der Waals surface area contributed by atoms with Gasteiger partial charge in [-0.25, -0.2) is 14.2 Å². The lowest BCUT2D eigenvalue weighted by Gasteiger charge is -2.18. The maximum absolute atomic E-state index is 14.9. The van der Waals surface area contributed by atoms with Crippen LogP contribution in [-0.2, 0) is 30.8 Å². The molecule has 0 spiro atoms. The van der Waals surface area contributed by atoms with Gasteiger partial charge in [0.25, 0.3) is 0 Å². The summed E-state index contributed by atoms with van der Waals surface area (Å²) >= 11 is 0. The maximum atomic E-state index is 14.9. The SMILES string of the molecule is O=C(O)CC(c1ccc(OCc2ccccc2)c(F)c1)n1ccn(CCCc2ccc3c(n2)NCCC3)c1=O. The van der Waals surface area contributed by atoms with Crippen LogP contribution in [0.15, 0.2) is 77.9 Å². The number of nitrogens with one attached hydrogen (secondary N) is 1. The van der Waals surface area contributed by atoms with Crippen molar-refractivity contribution in [1.29, 1.82) is 0 Å². The van der Waals surface area contributed by atoms with Crippen LogP contribution in [0.4, 0.5) is 10.2 Å². The lowest BCUT2D eigenvalue weighted by Crippen LogP contribution is -2.29. The van der Waals surface area contributed by atoms with Crippen molar-refractivity contribution in [2.45, 2.75) is 51.3 Å². The Morgan fingerprint density at radius 2 is 1.97 bits per heavy atom. The number of carboxylic acids is 1. The number of aromatic nitrogens is 3. The van der Waals surface area contributed by atoms with E-state index in [0.29, 0.717) is 24.9 Å². The van der Waals surface area contributed by atoms with E-state index in [0.717, 1.165) is 36.5 Å². The first-order chi connectivity index (χ1) is 19.0. The van der Waals surface area contributed by atoms with E-state index in [9.17, 15) is 19.1 Å². The van der Waals surface area contributed by atoms with Crippen LogP contribution in [-0.4, -0.2) is 31.7 Å². The van der Waals surface area contributed by atoms with Crippen molar-refractivity contribution in [3.05, 3.63) is 112 Å². The largest absolute Gasteiger partial charge is 0.486 e. The Morgan fingerprint density at radius 3 is 2.77 bits per heavy atom. The molecule has 9 heteroatoms. The van der Waals surface area contributed by atoms with E-state index < -0.39 is 17.8 Å². The van der Waals surface area contributed by atoms with Crippen molar-refractivity contribution >= 4 is 11.8 Å². The van der Waals surface area contributed by atoms with Crippen LogP contribution < -0.4 is 15.7 Å². The lowest BCUT2D eigenvalue weighted by molar-refractivity contribution is -0.137. The van der Waals surface area contributed by atoms with E-state index in [4.69, 9.17) is 9.72 Å². The van der Waals surface area contributed by atoms with E-state index in [-0.39, 0.29) is 24.5 Å². The molecule has 39 heavy (non-hydrogen) atoms. The summed E-state index contributed by atoms with van der Waals surface area (Å²) in [5, 5.41) is 12.9. The Labute approximate surface area is 225 Å². The number of halogens is 1. The third-order valence-electron chi connectivity index (χ3n) is 6.94. The summed E-state index contributed by atoms with van der Waals surface area (Å²) < 4.78 is 23.5. The highest BCUT2D eigenvalue weighted by atomic mass is 19.1. The number of ether oxygens (including phenoxy) is 1. The van der Waals surface area contributed by atoms with Crippen molar-refractivity contribution in [1.82, 2.24) is 14.1 Å². The normalized spacial score (nSPS) is 13.4. The zero-order valence-electron chi connectivity index (χ0n) is 21.6. The van der Waals surface area contributed by atoms with Gasteiger partial charge >= 0.3 is 11.7 Å². The van der Waals surface area contributed by atoms with Gasteiger partial charge in [-0.3, -0.25) is 13.9 Å². The van der Waals surface area contributed by atoms with Crippen molar-refractivity contribution in [2.24, 2.45) is 0 Å². The molecule has 2 aromatic carbocycles. The Hall–Kier alpha value is -4.40. The molecule has 2 aromatic heterocycles. The highest BCUT2D eigenvalue weighted by Gasteiger charge is 2.22. The number of fused-ring (bicyclic) bond motifs is 1. The first kappa shape index (κ1) is 26.2. The molecule has 1 unspecified atom stereocenters. The molecule has 0 amide bonds. The molecule has 8 nitrogen and oxygen atoms in total. The molecule has 202 valence electrons. The van der Waals surface area contributed by atoms with Crippen LogP contribution in [0.2, 0.25) is 0 Å². The molecule has 3 heterocycles. The molecule has 1 aliphatic heterocycles. The highest BCUT2D eigenvalue weighted by molar-refractivity contribution is 5.68. The molecule has 1 aliphatic rings. The molecule has 5 rings (SSSR count). The van der Waals surface area contributed by atoms with Gasteiger partial charge in [0.05, 0.1) is 12.5 Å². The van der Waals surface area contributed by atoms with E-state index in [1.165, 1.54) is 22.3 Å². The molecular formula is C30H31FN4O4. The van der Waals surface area contributed by atoms with Gasteiger partial charge in [0.2, 0.25) is 0 Å². The fourth-order valence-corrected chi connectivity index (χ4v) is 4.89. The standard InChI is InChI=1S/C30H31FN4O4/c31-25-18-23(11-13-27(25)39-20-21-6-2-1-3-7-21)26(19-28(36)37)35-17-16-34(30(35)38)15-5-9-24-12-10-22-8-4-14-32-29(22)33-24/h1-3,6-7,10-13,16-18,26H,4-5,8-9,14-15,19-20H2,(H,32,33)(H,36,37). The molecule has 0 bridgehead atoms. The number of aryl methyl sites for hydroxylation is 3. The van der Waals surface area contributed by atoms with Gasteiger partial charge in [-0.15, -0.1) is 0 Å². The summed E-state index contributed by atoms with van der Waals surface area (Å²) in [6.07, 6.45) is 6.39. The van der Waals surface area contributed by atoms with Crippen LogP contribution in [0.5, 0.6) is 5.75 Å². The van der Waals surface area contributed by atoms with Crippen molar-refractivity contribution in [2.75, 3.05) is 11.9 Å². The predicted molar refractivity (Wildman–Crippen MR) is 146 cm³/mol. The molecule has 0 radical (unpaired) electrons. The molecular weight excluding hydrogens is 499 g/mol. The zero-order chi connectivity index (χ0) is 27.2. The molecule has 0 saturated carbocycles. The third kappa shape index (κ3) is 6.37. The second kappa shape index (κ2) is 12.0. The maximum Gasteiger partial charge on any atom is 0.328 e. The van der Waals surface area contributed by atoms with E-state index >= 15 is 0 Å². The third-order valence-corrected chi connectivity index (χ3v) is 6.94. The molecule has 1 atom stereocenters. The van der Waals surface area contributed by atoms with Crippen LogP contribution >= 0.6 is 0 Å². The fraction of sp³-hybridized carbons (Fsp3) is 0.300. The van der Waals surface area contributed by atoms with Crippen LogP contribution in [0.25, 0.3) is 0 Å². The average Bonchev–Trinajstić information content (AvgIpc) is 3.31. The summed E-state index contributed by atoms with van der Waals surface area (Å²) in [5.41, 5.74) is 3.13. The lowest BCUT2D eigenvalue weighted by atomic mass is 10.0. The second-order valence-electron chi connectivity index (χ2n) is 9.70. The first-order valence-electron chi connectivity index (χ1n) is 13.2. The van der Waals surface area contributed by atoms with E-state index in [1.807, 2.05) is 36.4 Å². The number of benzene rings is 2. The monoisotopic (exact) mass is 530 g/mol. The Bertz CT molecular complexity index is 1500. The smallest absolute Gasteiger partial charge is 0.328 e. The minimum atomic E-state index is -1.09. The van der Waals surface area contributed by atoms with E-state index in [1.54, 1.807) is 23.0 Å². The van der Waals surface area contributed by atoms with Crippen molar-refractivity contribution in [3.8, 4) is 5.75 Å². The number of hydrogen-bond donors (Lipinski definition) is 2.